The molecule has 22 heavy (non-hydrogen) atoms. The van der Waals surface area contributed by atoms with Crippen molar-refractivity contribution in [3.8, 4) is 0 Å². The molecule has 0 spiro atoms. The standard InChI is InChI=1S/C19H16NO.HI/c21-19(17-12-6-2-7-13-17)18(16-10-4-1-5-11-16)20-14-8-3-9-15-20;/h1-15,18H;1H/q+1;/p-1. The molecule has 0 bridgehead atoms. The normalized spacial score (nSPS) is 11.3. The van der Waals surface area contributed by atoms with E-state index >= 15 is 0 Å². The number of hydrogen-bond donors (Lipinski definition) is 0. The third-order valence-corrected chi connectivity index (χ3v) is 3.46. The first kappa shape index (κ1) is 16.4. The van der Waals surface area contributed by atoms with Gasteiger partial charge in [-0.25, -0.2) is 0 Å². The van der Waals surface area contributed by atoms with Gasteiger partial charge in [0.25, 0.3) is 0 Å². The van der Waals surface area contributed by atoms with Crippen LogP contribution in [0.3, 0.4) is 0 Å². The molecule has 3 heteroatoms. The van der Waals surface area contributed by atoms with Gasteiger partial charge in [0.1, 0.15) is 0 Å². The second-order valence-electron chi connectivity index (χ2n) is 4.87. The van der Waals surface area contributed by atoms with Crippen LogP contribution in [0.15, 0.2) is 91.3 Å². The average molecular weight is 401 g/mol. The van der Waals surface area contributed by atoms with Gasteiger partial charge in [0.05, 0.1) is 0 Å². The van der Waals surface area contributed by atoms with Crippen molar-refractivity contribution in [1.82, 2.24) is 0 Å². The third kappa shape index (κ3) is 3.60. The Morgan fingerprint density at radius 1 is 0.727 bits per heavy atom. The summed E-state index contributed by atoms with van der Waals surface area (Å²) in [6.45, 7) is 0. The van der Waals surface area contributed by atoms with Gasteiger partial charge in [-0.2, -0.15) is 4.57 Å². The van der Waals surface area contributed by atoms with Gasteiger partial charge in [0.15, 0.2) is 12.4 Å². The molecule has 0 aliphatic rings. The topological polar surface area (TPSA) is 20.9 Å². The molecule has 3 aromatic rings. The van der Waals surface area contributed by atoms with E-state index in [0.29, 0.717) is 0 Å². The molecule has 0 aliphatic heterocycles. The van der Waals surface area contributed by atoms with E-state index in [1.807, 2.05) is 95.8 Å². The van der Waals surface area contributed by atoms with Crippen LogP contribution in [0.4, 0.5) is 0 Å². The lowest BCUT2D eigenvalue weighted by molar-refractivity contribution is -0.699. The lowest BCUT2D eigenvalue weighted by atomic mass is 9.97. The molecule has 1 heterocycles. The SMILES string of the molecule is O=C(c1ccccc1)C(c1ccccc1)[n+]1ccccc1.[I-]. The van der Waals surface area contributed by atoms with Crippen molar-refractivity contribution in [3.05, 3.63) is 102 Å². The summed E-state index contributed by atoms with van der Waals surface area (Å²) in [5.41, 5.74) is 1.71. The molecule has 1 unspecified atom stereocenters. The van der Waals surface area contributed by atoms with Crippen molar-refractivity contribution in [1.29, 1.82) is 0 Å². The summed E-state index contributed by atoms with van der Waals surface area (Å²) >= 11 is 0. The summed E-state index contributed by atoms with van der Waals surface area (Å²) in [6, 6.07) is 24.8. The molecule has 0 amide bonds. The molecule has 0 saturated heterocycles. The average Bonchev–Trinajstić information content (AvgIpc) is 2.58. The van der Waals surface area contributed by atoms with E-state index < -0.39 is 0 Å². The van der Waals surface area contributed by atoms with Crippen molar-refractivity contribution in [2.75, 3.05) is 0 Å². The van der Waals surface area contributed by atoms with Crippen LogP contribution in [0, 0.1) is 0 Å². The number of halogens is 1. The maximum atomic E-state index is 12.9. The Labute approximate surface area is 147 Å². The number of hydrogen-bond acceptors (Lipinski definition) is 1. The molecular formula is C19H16INO. The van der Waals surface area contributed by atoms with Crippen LogP contribution < -0.4 is 28.5 Å². The second kappa shape index (κ2) is 7.84. The third-order valence-electron chi connectivity index (χ3n) is 3.46. The van der Waals surface area contributed by atoms with Crippen LogP contribution in [0.1, 0.15) is 22.0 Å². The quantitative estimate of drug-likeness (QED) is 0.354. The number of aromatic nitrogens is 1. The predicted octanol–water partition coefficient (Wildman–Crippen LogP) is 0.450. The zero-order valence-corrected chi connectivity index (χ0v) is 14.1. The van der Waals surface area contributed by atoms with Crippen molar-refractivity contribution in [2.45, 2.75) is 6.04 Å². The van der Waals surface area contributed by atoms with Gasteiger partial charge in [0.2, 0.25) is 11.8 Å². The van der Waals surface area contributed by atoms with E-state index in [9.17, 15) is 4.79 Å². The van der Waals surface area contributed by atoms with Crippen LogP contribution >= 0.6 is 0 Å². The monoisotopic (exact) mass is 401 g/mol. The first-order valence-electron chi connectivity index (χ1n) is 6.96. The molecule has 0 saturated carbocycles. The Morgan fingerprint density at radius 3 is 1.82 bits per heavy atom. The largest absolute Gasteiger partial charge is 1.00 e. The first-order chi connectivity index (χ1) is 10.4. The van der Waals surface area contributed by atoms with E-state index in [0.717, 1.165) is 11.1 Å². The van der Waals surface area contributed by atoms with E-state index in [1.165, 1.54) is 0 Å². The number of pyridine rings is 1. The van der Waals surface area contributed by atoms with Crippen molar-refractivity contribution in [2.24, 2.45) is 0 Å². The molecule has 1 aromatic heterocycles. The number of carbonyl (C=O) groups is 1. The molecular weight excluding hydrogens is 385 g/mol. The van der Waals surface area contributed by atoms with Gasteiger partial charge >= 0.3 is 0 Å². The van der Waals surface area contributed by atoms with Crippen molar-refractivity contribution >= 4 is 5.78 Å². The molecule has 3 rings (SSSR count). The number of ketones is 1. The van der Waals surface area contributed by atoms with E-state index in [-0.39, 0.29) is 35.8 Å². The lowest BCUT2D eigenvalue weighted by Gasteiger charge is -2.12. The van der Waals surface area contributed by atoms with Gasteiger partial charge in [-0.1, -0.05) is 66.7 Å². The molecule has 110 valence electrons. The maximum Gasteiger partial charge on any atom is 0.245 e. The highest BCUT2D eigenvalue weighted by Gasteiger charge is 2.29. The minimum atomic E-state index is -0.338. The van der Waals surface area contributed by atoms with Gasteiger partial charge < -0.3 is 24.0 Å². The Bertz CT molecular complexity index is 675. The summed E-state index contributed by atoms with van der Waals surface area (Å²) in [6.07, 6.45) is 3.86. The fourth-order valence-electron chi connectivity index (χ4n) is 2.44. The molecule has 0 fully saturated rings. The van der Waals surface area contributed by atoms with Crippen molar-refractivity contribution in [3.63, 3.8) is 0 Å². The Morgan fingerprint density at radius 2 is 1.23 bits per heavy atom. The smallest absolute Gasteiger partial charge is 0.245 e. The van der Waals surface area contributed by atoms with Crippen LogP contribution in [0.2, 0.25) is 0 Å². The summed E-state index contributed by atoms with van der Waals surface area (Å²) < 4.78 is 1.95. The Hall–Kier alpha value is -2.01. The molecule has 2 aromatic carbocycles. The lowest BCUT2D eigenvalue weighted by Crippen LogP contribution is -3.00. The van der Waals surface area contributed by atoms with Crippen LogP contribution in [0.5, 0.6) is 0 Å². The highest BCUT2D eigenvalue weighted by Crippen LogP contribution is 2.18. The van der Waals surface area contributed by atoms with E-state index in [1.54, 1.807) is 0 Å². The Kier molecular flexibility index (Phi) is 5.83. The fraction of sp³-hybridized carbons (Fsp3) is 0.0526. The number of Topliss-reactive ketones (excluding diaryl/α,β-unsaturated/α-hetero) is 1. The zero-order chi connectivity index (χ0) is 14.5. The second-order valence-corrected chi connectivity index (χ2v) is 4.87. The van der Waals surface area contributed by atoms with Crippen LogP contribution in [-0.2, 0) is 0 Å². The molecule has 1 atom stereocenters. The van der Waals surface area contributed by atoms with E-state index in [4.69, 9.17) is 0 Å². The van der Waals surface area contributed by atoms with Gasteiger partial charge in [-0.05, 0) is 0 Å². The summed E-state index contributed by atoms with van der Waals surface area (Å²) in [4.78, 5) is 12.9. The van der Waals surface area contributed by atoms with Crippen LogP contribution in [0.25, 0.3) is 0 Å². The minimum absolute atomic E-state index is 0. The van der Waals surface area contributed by atoms with Gasteiger partial charge in [-0.15, -0.1) is 0 Å². The summed E-state index contributed by atoms with van der Waals surface area (Å²) in [5.74, 6) is 0.0954. The number of nitrogens with zero attached hydrogens (tertiary/aromatic N) is 1. The highest BCUT2D eigenvalue weighted by atomic mass is 127. The fourth-order valence-corrected chi connectivity index (χ4v) is 2.44. The van der Waals surface area contributed by atoms with Crippen LogP contribution in [-0.4, -0.2) is 5.78 Å². The molecule has 0 N–H and O–H groups in total. The zero-order valence-electron chi connectivity index (χ0n) is 12.0. The number of carbonyl (C=O) groups excluding carboxylic acids is 1. The number of benzene rings is 2. The van der Waals surface area contributed by atoms with Gasteiger partial charge in [-0.3, -0.25) is 4.79 Å². The summed E-state index contributed by atoms with van der Waals surface area (Å²) in [5, 5.41) is 0. The first-order valence-corrected chi connectivity index (χ1v) is 6.96. The molecule has 0 aliphatic carbocycles. The maximum absolute atomic E-state index is 12.9. The molecule has 0 radical (unpaired) electrons. The molecule has 2 nitrogen and oxygen atoms in total. The highest BCUT2D eigenvalue weighted by molar-refractivity contribution is 5.99. The summed E-state index contributed by atoms with van der Waals surface area (Å²) in [7, 11) is 0. The van der Waals surface area contributed by atoms with Crippen molar-refractivity contribution < 1.29 is 33.3 Å². The van der Waals surface area contributed by atoms with Gasteiger partial charge in [0, 0.05) is 23.3 Å². The number of rotatable bonds is 4. The minimum Gasteiger partial charge on any atom is -1.00 e. The van der Waals surface area contributed by atoms with E-state index in [2.05, 4.69) is 0 Å². The Balaban J connectivity index is 0.00000176. The predicted molar refractivity (Wildman–Crippen MR) is 82.0 cm³/mol.